The highest BCUT2D eigenvalue weighted by Crippen LogP contribution is 2.45. The third-order valence-corrected chi connectivity index (χ3v) is 12.3. The smallest absolute Gasteiger partial charge is 0.408 e. The van der Waals surface area contributed by atoms with Gasteiger partial charge in [0.1, 0.15) is 47.0 Å². The van der Waals surface area contributed by atoms with Gasteiger partial charge in [-0.05, 0) is 62.5 Å². The van der Waals surface area contributed by atoms with Crippen LogP contribution in [0.2, 0.25) is 0 Å². The van der Waals surface area contributed by atoms with E-state index in [4.69, 9.17) is 24.2 Å². The lowest BCUT2D eigenvalue weighted by Gasteiger charge is -2.35. The number of aliphatic carboxylic acids is 1. The van der Waals surface area contributed by atoms with Crippen LogP contribution < -0.4 is 25.4 Å². The van der Waals surface area contributed by atoms with Gasteiger partial charge in [0, 0.05) is 41.3 Å². The van der Waals surface area contributed by atoms with E-state index in [1.54, 1.807) is 7.11 Å². The lowest BCUT2D eigenvalue weighted by molar-refractivity contribution is -0.146. The summed E-state index contributed by atoms with van der Waals surface area (Å²) in [6.07, 6.45) is 8.31. The zero-order valence-electron chi connectivity index (χ0n) is 32.5. The van der Waals surface area contributed by atoms with E-state index in [1.165, 1.54) is 35.2 Å². The summed E-state index contributed by atoms with van der Waals surface area (Å²) in [7, 11) is 1.58. The summed E-state index contributed by atoms with van der Waals surface area (Å²) in [4.78, 5) is 65.5. The van der Waals surface area contributed by atoms with E-state index in [9.17, 15) is 24.3 Å². The molecule has 3 aromatic rings. The summed E-state index contributed by atoms with van der Waals surface area (Å²) in [5.74, 6) is -1.64. The summed E-state index contributed by atoms with van der Waals surface area (Å²) in [6, 6.07) is 5.55. The maximum atomic E-state index is 14.6. The first-order valence-electron chi connectivity index (χ1n) is 19.6. The Morgan fingerprint density at radius 1 is 1.04 bits per heavy atom. The molecule has 0 spiro atoms. The van der Waals surface area contributed by atoms with Crippen LogP contribution in [0.1, 0.15) is 85.0 Å². The van der Waals surface area contributed by atoms with Crippen LogP contribution in [0.5, 0.6) is 11.5 Å². The monoisotopic (exact) mass is 788 g/mol. The number of thiazole rings is 1. The maximum absolute atomic E-state index is 14.6. The van der Waals surface area contributed by atoms with Crippen molar-refractivity contribution in [2.24, 2.45) is 11.3 Å². The molecule has 4 aliphatic rings. The quantitative estimate of drug-likeness (QED) is 0.143. The van der Waals surface area contributed by atoms with Gasteiger partial charge in [0.2, 0.25) is 11.8 Å². The van der Waals surface area contributed by atoms with Crippen molar-refractivity contribution in [1.82, 2.24) is 25.5 Å². The first kappa shape index (κ1) is 39.3. The molecular weight excluding hydrogens is 737 g/mol. The van der Waals surface area contributed by atoms with Gasteiger partial charge in [-0.2, -0.15) is 0 Å². The van der Waals surface area contributed by atoms with Gasteiger partial charge in [0.05, 0.1) is 24.9 Å². The second-order valence-corrected chi connectivity index (χ2v) is 17.5. The van der Waals surface area contributed by atoms with Crippen molar-refractivity contribution in [3.63, 3.8) is 0 Å². The van der Waals surface area contributed by atoms with Crippen molar-refractivity contribution >= 4 is 51.2 Å². The molecule has 0 radical (unpaired) electrons. The van der Waals surface area contributed by atoms with Crippen molar-refractivity contribution in [3.8, 4) is 22.9 Å². The molecule has 1 unspecified atom stereocenters. The number of amides is 3. The number of carbonyl (C=O) groups is 4. The van der Waals surface area contributed by atoms with Gasteiger partial charge in [-0.1, -0.05) is 39.7 Å². The number of nitrogens with zero attached hydrogens (tertiary/aromatic N) is 3. The SMILES string of the molecule is C=CC1C[C@]1(NC(=O)[C@@H]1C[C@@H](Oc2cc(-c3csc(NC4CCCC4)n3)nc3cc(OC)ccc23)CN1C(=O)[C@@H](NC(=O)OC1CCCC1)C(C)(C)C)C(=O)O. The molecule has 7 rings (SSSR count). The Balaban J connectivity index is 1.19. The number of carboxylic acids is 1. The van der Waals surface area contributed by atoms with Crippen LogP contribution >= 0.6 is 11.3 Å². The molecule has 3 saturated carbocycles. The van der Waals surface area contributed by atoms with E-state index in [-0.39, 0.29) is 25.5 Å². The zero-order valence-corrected chi connectivity index (χ0v) is 33.3. The Bertz CT molecular complexity index is 1990. The number of nitrogens with one attached hydrogen (secondary N) is 3. The summed E-state index contributed by atoms with van der Waals surface area (Å²) < 4.78 is 17.9. The van der Waals surface area contributed by atoms with Crippen LogP contribution in [0.15, 0.2) is 42.3 Å². The van der Waals surface area contributed by atoms with E-state index in [2.05, 4.69) is 22.5 Å². The van der Waals surface area contributed by atoms with Crippen LogP contribution in [0.4, 0.5) is 9.93 Å². The topological polar surface area (TPSA) is 181 Å². The van der Waals surface area contributed by atoms with Crippen LogP contribution in [0.3, 0.4) is 0 Å². The highest BCUT2D eigenvalue weighted by Gasteiger charge is 2.61. The molecule has 1 aliphatic heterocycles. The maximum Gasteiger partial charge on any atom is 0.408 e. The van der Waals surface area contributed by atoms with E-state index in [0.717, 1.165) is 43.7 Å². The van der Waals surface area contributed by atoms with Gasteiger partial charge in [-0.3, -0.25) is 9.59 Å². The van der Waals surface area contributed by atoms with E-state index in [0.29, 0.717) is 39.8 Å². The van der Waals surface area contributed by atoms with Gasteiger partial charge < -0.3 is 40.2 Å². The number of hydrogen-bond donors (Lipinski definition) is 4. The third kappa shape index (κ3) is 8.28. The number of hydrogen-bond acceptors (Lipinski definition) is 11. The van der Waals surface area contributed by atoms with Gasteiger partial charge in [0.25, 0.3) is 0 Å². The Kier molecular flexibility index (Phi) is 11.2. The third-order valence-electron chi connectivity index (χ3n) is 11.5. The number of likely N-dealkylation sites (tertiary alicyclic amines) is 1. The normalized spacial score (nSPS) is 24.4. The van der Waals surface area contributed by atoms with Crippen molar-refractivity contribution in [1.29, 1.82) is 0 Å². The van der Waals surface area contributed by atoms with Crippen LogP contribution in [0.25, 0.3) is 22.3 Å². The lowest BCUT2D eigenvalue weighted by Crippen LogP contribution is -2.59. The molecule has 3 amide bonds. The summed E-state index contributed by atoms with van der Waals surface area (Å²) in [6.45, 7) is 9.22. The predicted octanol–water partition coefficient (Wildman–Crippen LogP) is 6.30. The van der Waals surface area contributed by atoms with Crippen molar-refractivity contribution < 1.29 is 38.5 Å². The Hall–Kier alpha value is -4.92. The molecule has 2 aromatic heterocycles. The number of pyridine rings is 1. The highest BCUT2D eigenvalue weighted by atomic mass is 32.1. The first-order chi connectivity index (χ1) is 26.8. The minimum atomic E-state index is -1.51. The van der Waals surface area contributed by atoms with Gasteiger partial charge in [-0.15, -0.1) is 17.9 Å². The number of rotatable bonds is 13. The predicted molar refractivity (Wildman–Crippen MR) is 212 cm³/mol. The summed E-state index contributed by atoms with van der Waals surface area (Å²) in [5, 5.41) is 22.7. The van der Waals surface area contributed by atoms with Gasteiger partial charge >= 0.3 is 12.1 Å². The van der Waals surface area contributed by atoms with Crippen molar-refractivity contribution in [3.05, 3.63) is 42.3 Å². The molecule has 5 atom stereocenters. The lowest BCUT2D eigenvalue weighted by atomic mass is 9.85. The summed E-state index contributed by atoms with van der Waals surface area (Å²) in [5.41, 5.74) is -0.405. The zero-order chi connectivity index (χ0) is 39.8. The molecule has 1 saturated heterocycles. The van der Waals surface area contributed by atoms with Crippen LogP contribution in [0, 0.1) is 11.3 Å². The second-order valence-electron chi connectivity index (χ2n) is 16.6. The van der Waals surface area contributed by atoms with E-state index in [1.807, 2.05) is 50.4 Å². The number of ether oxygens (including phenoxy) is 3. The average Bonchev–Trinajstić information content (AvgIpc) is 3.80. The Morgan fingerprint density at radius 3 is 2.43 bits per heavy atom. The number of aromatic nitrogens is 2. The number of carbonyl (C=O) groups excluding carboxylic acids is 3. The molecule has 4 N–H and O–H groups in total. The Labute approximate surface area is 330 Å². The molecule has 15 heteroatoms. The molecular formula is C41H52N6O8S. The molecule has 1 aromatic carbocycles. The van der Waals surface area contributed by atoms with Crippen LogP contribution in [-0.4, -0.2) is 93.4 Å². The van der Waals surface area contributed by atoms with Crippen molar-refractivity contribution in [2.45, 2.75) is 121 Å². The first-order valence-corrected chi connectivity index (χ1v) is 20.5. The second kappa shape index (κ2) is 15.9. The molecule has 3 heterocycles. The molecule has 56 heavy (non-hydrogen) atoms. The number of fused-ring (bicyclic) bond motifs is 1. The molecule has 3 aliphatic carbocycles. The fraction of sp³-hybridized carbons (Fsp3) is 0.561. The molecule has 0 bridgehead atoms. The van der Waals surface area contributed by atoms with Crippen LogP contribution in [-0.2, 0) is 19.1 Å². The number of alkyl carbamates (subject to hydrolysis) is 1. The van der Waals surface area contributed by atoms with Gasteiger partial charge in [-0.25, -0.2) is 19.6 Å². The summed E-state index contributed by atoms with van der Waals surface area (Å²) >= 11 is 1.52. The average molecular weight is 789 g/mol. The van der Waals surface area contributed by atoms with Gasteiger partial charge in [0.15, 0.2) is 5.13 Å². The fourth-order valence-corrected chi connectivity index (χ4v) is 9.01. The fourth-order valence-electron chi connectivity index (χ4n) is 8.23. The molecule has 14 nitrogen and oxygen atoms in total. The molecule has 4 fully saturated rings. The van der Waals surface area contributed by atoms with E-state index < -0.39 is 58.9 Å². The van der Waals surface area contributed by atoms with Crippen molar-refractivity contribution in [2.75, 3.05) is 19.0 Å². The largest absolute Gasteiger partial charge is 0.497 e. The number of benzene rings is 1. The molecule has 300 valence electrons. The number of carboxylic acid groups (broad SMARTS) is 1. The van der Waals surface area contributed by atoms with E-state index >= 15 is 0 Å². The Morgan fingerprint density at radius 2 is 1.77 bits per heavy atom. The minimum Gasteiger partial charge on any atom is -0.497 e. The number of methoxy groups -OCH3 is 1. The standard InChI is InChI=1S/C41H52N6O8S/c1-6-23-20-41(23,37(50)51)46-35(48)32-18-27(21-47(32)36(49)34(40(2,3)4)45-39(52)55-25-13-9-10-14-25)54-33-19-30(43-29-17-26(53-5)15-16-28(29)33)31-22-56-38(44-31)42-24-11-7-8-12-24/h6,15-17,19,22-25,27,32,34H,1,7-14,18,20-21H2,2-5H3,(H,42,44)(H,45,52)(H,46,48)(H,50,51)/t23?,27-,32+,34-,41-/m1/s1. The highest BCUT2D eigenvalue weighted by molar-refractivity contribution is 7.14. The minimum absolute atomic E-state index is 0.00469. The number of anilines is 1.